The molecule has 0 saturated heterocycles. The van der Waals surface area contributed by atoms with Gasteiger partial charge in [0.1, 0.15) is 12.3 Å². The fourth-order valence-corrected chi connectivity index (χ4v) is 2.86. The number of aromatic nitrogens is 2. The number of ether oxygens (including phenoxy) is 1. The minimum absolute atomic E-state index is 0.0928. The molecule has 0 aliphatic carbocycles. The molecule has 2 N–H and O–H groups in total. The smallest absolute Gasteiger partial charge is 0.275 e. The van der Waals surface area contributed by atoms with E-state index in [-0.39, 0.29) is 18.8 Å². The van der Waals surface area contributed by atoms with Gasteiger partial charge >= 0.3 is 0 Å². The molecule has 0 atom stereocenters. The van der Waals surface area contributed by atoms with Crippen LogP contribution in [0.2, 0.25) is 0 Å². The molecule has 8 nitrogen and oxygen atoms in total. The van der Waals surface area contributed by atoms with Crippen LogP contribution in [0.1, 0.15) is 16.1 Å². The Kier molecular flexibility index (Phi) is 5.69. The quantitative estimate of drug-likeness (QED) is 0.666. The van der Waals surface area contributed by atoms with Crippen LogP contribution in [0.5, 0.6) is 5.75 Å². The average molecular weight is 380 g/mol. The van der Waals surface area contributed by atoms with Crippen molar-refractivity contribution in [2.45, 2.75) is 13.1 Å². The molecule has 1 heterocycles. The molecule has 0 aliphatic rings. The highest BCUT2D eigenvalue weighted by molar-refractivity contribution is 6.04. The van der Waals surface area contributed by atoms with E-state index >= 15 is 0 Å². The first-order chi connectivity index (χ1) is 13.5. The second-order valence-corrected chi connectivity index (χ2v) is 6.02. The van der Waals surface area contributed by atoms with Gasteiger partial charge in [0.2, 0.25) is 5.91 Å². The van der Waals surface area contributed by atoms with Crippen molar-refractivity contribution in [3.8, 4) is 5.75 Å². The van der Waals surface area contributed by atoms with Crippen LogP contribution in [0, 0.1) is 0 Å². The molecule has 0 radical (unpaired) electrons. The Labute approximate surface area is 161 Å². The number of hydrogen-bond acceptors (Lipinski definition) is 5. The maximum atomic E-state index is 12.7. The van der Waals surface area contributed by atoms with Gasteiger partial charge in [0.25, 0.3) is 11.5 Å². The van der Waals surface area contributed by atoms with Gasteiger partial charge in [-0.2, -0.15) is 5.10 Å². The molecule has 8 heteroatoms. The minimum Gasteiger partial charge on any atom is -0.496 e. The standard InChI is InChI=1S/C20H20N4O4/c1-21-19(26)18-14-8-4-5-9-15(14)20(27)24(23-18)12-17(25)22-11-13-7-3-6-10-16(13)28-2/h3-10H,11-12H2,1-2H3,(H,21,26)(H,22,25). The first-order valence-electron chi connectivity index (χ1n) is 8.65. The second-order valence-electron chi connectivity index (χ2n) is 6.02. The highest BCUT2D eigenvalue weighted by atomic mass is 16.5. The molecule has 0 bridgehead atoms. The van der Waals surface area contributed by atoms with Crippen LogP contribution in [-0.2, 0) is 17.9 Å². The topological polar surface area (TPSA) is 102 Å². The number of methoxy groups -OCH3 is 1. The van der Waals surface area contributed by atoms with E-state index in [9.17, 15) is 14.4 Å². The molecule has 0 fully saturated rings. The van der Waals surface area contributed by atoms with Crippen LogP contribution >= 0.6 is 0 Å². The van der Waals surface area contributed by atoms with E-state index in [4.69, 9.17) is 4.74 Å². The number of hydrogen-bond donors (Lipinski definition) is 2. The monoisotopic (exact) mass is 380 g/mol. The number of nitrogens with zero attached hydrogens (tertiary/aromatic N) is 2. The van der Waals surface area contributed by atoms with Crippen LogP contribution in [0.25, 0.3) is 10.8 Å². The minimum atomic E-state index is -0.435. The van der Waals surface area contributed by atoms with Gasteiger partial charge in [-0.3, -0.25) is 14.4 Å². The third-order valence-electron chi connectivity index (χ3n) is 4.27. The zero-order valence-corrected chi connectivity index (χ0v) is 15.6. The first kappa shape index (κ1) is 19.1. The number of carbonyl (C=O) groups excluding carboxylic acids is 2. The Morgan fingerprint density at radius 2 is 1.75 bits per heavy atom. The molecule has 2 amide bonds. The molecular formula is C20H20N4O4. The van der Waals surface area contributed by atoms with Crippen molar-refractivity contribution in [2.24, 2.45) is 0 Å². The van der Waals surface area contributed by atoms with Crippen LogP contribution in [-0.4, -0.2) is 35.8 Å². The van der Waals surface area contributed by atoms with Crippen LogP contribution in [0.4, 0.5) is 0 Å². The molecule has 0 saturated carbocycles. The lowest BCUT2D eigenvalue weighted by molar-refractivity contribution is -0.122. The summed E-state index contributed by atoms with van der Waals surface area (Å²) in [6.07, 6.45) is 0. The summed E-state index contributed by atoms with van der Waals surface area (Å²) < 4.78 is 6.26. The van der Waals surface area contributed by atoms with Crippen molar-refractivity contribution in [1.29, 1.82) is 0 Å². The number of amides is 2. The van der Waals surface area contributed by atoms with Crippen LogP contribution in [0.15, 0.2) is 53.3 Å². The van der Waals surface area contributed by atoms with Gasteiger partial charge in [-0.25, -0.2) is 4.68 Å². The average Bonchev–Trinajstić information content (AvgIpc) is 2.74. The first-order valence-corrected chi connectivity index (χ1v) is 8.65. The summed E-state index contributed by atoms with van der Waals surface area (Å²) in [6, 6.07) is 14.0. The molecule has 3 rings (SSSR count). The van der Waals surface area contributed by atoms with E-state index in [1.54, 1.807) is 37.4 Å². The van der Waals surface area contributed by atoms with E-state index in [0.717, 1.165) is 10.2 Å². The van der Waals surface area contributed by atoms with Gasteiger partial charge < -0.3 is 15.4 Å². The maximum Gasteiger partial charge on any atom is 0.275 e. The highest BCUT2D eigenvalue weighted by Crippen LogP contribution is 2.16. The third kappa shape index (κ3) is 3.85. The number of benzene rings is 2. The number of rotatable bonds is 6. The number of nitrogens with one attached hydrogen (secondary N) is 2. The van der Waals surface area contributed by atoms with E-state index in [1.807, 2.05) is 18.2 Å². The summed E-state index contributed by atoms with van der Waals surface area (Å²) in [7, 11) is 3.04. The third-order valence-corrected chi connectivity index (χ3v) is 4.27. The number of para-hydroxylation sites is 1. The van der Waals surface area contributed by atoms with Crippen molar-refractivity contribution >= 4 is 22.6 Å². The lowest BCUT2D eigenvalue weighted by Gasteiger charge is -2.12. The normalized spacial score (nSPS) is 10.5. The van der Waals surface area contributed by atoms with Gasteiger partial charge in [0.05, 0.1) is 12.5 Å². The van der Waals surface area contributed by atoms with Gasteiger partial charge in [0, 0.05) is 24.5 Å². The summed E-state index contributed by atoms with van der Waals surface area (Å²) >= 11 is 0. The molecular weight excluding hydrogens is 360 g/mol. The lowest BCUT2D eigenvalue weighted by atomic mass is 10.1. The number of carbonyl (C=O) groups is 2. The molecule has 0 unspecified atom stereocenters. The number of fused-ring (bicyclic) bond motifs is 1. The maximum absolute atomic E-state index is 12.7. The van der Waals surface area contributed by atoms with Crippen LogP contribution in [0.3, 0.4) is 0 Å². The Hall–Kier alpha value is -3.68. The van der Waals surface area contributed by atoms with Crippen molar-refractivity contribution in [3.05, 3.63) is 70.1 Å². The highest BCUT2D eigenvalue weighted by Gasteiger charge is 2.17. The summed E-state index contributed by atoms with van der Waals surface area (Å²) in [5.41, 5.74) is 0.467. The fourth-order valence-electron chi connectivity index (χ4n) is 2.86. The zero-order chi connectivity index (χ0) is 20.1. The van der Waals surface area contributed by atoms with Crippen molar-refractivity contribution in [1.82, 2.24) is 20.4 Å². The Morgan fingerprint density at radius 1 is 1.07 bits per heavy atom. The largest absolute Gasteiger partial charge is 0.496 e. The molecule has 2 aromatic carbocycles. The van der Waals surface area contributed by atoms with Gasteiger partial charge in [0.15, 0.2) is 5.69 Å². The predicted molar refractivity (Wildman–Crippen MR) is 104 cm³/mol. The van der Waals surface area contributed by atoms with E-state index in [2.05, 4.69) is 15.7 Å². The predicted octanol–water partition coefficient (Wildman–Crippen LogP) is 1.08. The molecule has 1 aromatic heterocycles. The molecule has 0 spiro atoms. The summed E-state index contributed by atoms with van der Waals surface area (Å²) in [4.78, 5) is 37.2. The molecule has 144 valence electrons. The van der Waals surface area contributed by atoms with Crippen LogP contribution < -0.4 is 20.9 Å². The molecule has 3 aromatic rings. The molecule has 0 aliphatic heterocycles. The Bertz CT molecular complexity index is 1090. The van der Waals surface area contributed by atoms with Crippen molar-refractivity contribution in [2.75, 3.05) is 14.2 Å². The summed E-state index contributed by atoms with van der Waals surface area (Å²) in [5.74, 6) is -0.177. The Morgan fingerprint density at radius 3 is 2.46 bits per heavy atom. The van der Waals surface area contributed by atoms with E-state index in [0.29, 0.717) is 16.5 Å². The summed E-state index contributed by atoms with van der Waals surface area (Å²) in [5, 5.41) is 10.1. The van der Waals surface area contributed by atoms with E-state index < -0.39 is 17.4 Å². The Balaban J connectivity index is 1.85. The van der Waals surface area contributed by atoms with E-state index in [1.165, 1.54) is 7.05 Å². The SMILES string of the molecule is CNC(=O)c1nn(CC(=O)NCc2ccccc2OC)c(=O)c2ccccc12. The fraction of sp³-hybridized carbons (Fsp3) is 0.200. The molecule has 28 heavy (non-hydrogen) atoms. The van der Waals surface area contributed by atoms with Crippen molar-refractivity contribution < 1.29 is 14.3 Å². The lowest BCUT2D eigenvalue weighted by Crippen LogP contribution is -2.35. The van der Waals surface area contributed by atoms with Gasteiger partial charge in [-0.05, 0) is 12.1 Å². The van der Waals surface area contributed by atoms with Gasteiger partial charge in [-0.15, -0.1) is 0 Å². The zero-order valence-electron chi connectivity index (χ0n) is 15.6. The van der Waals surface area contributed by atoms with Gasteiger partial charge in [-0.1, -0.05) is 36.4 Å². The van der Waals surface area contributed by atoms with Crippen molar-refractivity contribution in [3.63, 3.8) is 0 Å². The second kappa shape index (κ2) is 8.34. The summed E-state index contributed by atoms with van der Waals surface area (Å²) in [6.45, 7) is -0.0592.